The first kappa shape index (κ1) is 18.8. The van der Waals surface area contributed by atoms with Crippen molar-refractivity contribution in [2.24, 2.45) is 10.4 Å². The third kappa shape index (κ3) is 4.21. The number of hydrogen-bond donors (Lipinski definition) is 3. The van der Waals surface area contributed by atoms with Gasteiger partial charge in [0, 0.05) is 51.0 Å². The summed E-state index contributed by atoms with van der Waals surface area (Å²) in [4.78, 5) is 7.76. The average Bonchev–Trinajstić information content (AvgIpc) is 3.03. The molecule has 0 bridgehead atoms. The van der Waals surface area contributed by atoms with Crippen molar-refractivity contribution in [1.29, 1.82) is 0 Å². The van der Waals surface area contributed by atoms with E-state index in [2.05, 4.69) is 51.9 Å². The summed E-state index contributed by atoms with van der Waals surface area (Å²) in [6.45, 7) is 4.85. The second kappa shape index (κ2) is 8.58. The maximum atomic E-state index is 5.28. The molecule has 1 aromatic heterocycles. The third-order valence-corrected chi connectivity index (χ3v) is 5.79. The molecule has 0 spiro atoms. The zero-order chi connectivity index (χ0) is 18.4. The fraction of sp³-hybridized carbons (Fsp3) is 0.571. The number of aliphatic imine (C=N–C) groups is 1. The zero-order valence-corrected chi connectivity index (χ0v) is 16.3. The van der Waals surface area contributed by atoms with E-state index in [4.69, 9.17) is 4.74 Å². The van der Waals surface area contributed by atoms with Crippen LogP contribution in [0.2, 0.25) is 0 Å². The van der Waals surface area contributed by atoms with Crippen LogP contribution in [0.25, 0.3) is 10.9 Å². The summed E-state index contributed by atoms with van der Waals surface area (Å²) < 4.78 is 5.28. The summed E-state index contributed by atoms with van der Waals surface area (Å²) in [7, 11) is 3.63. The van der Waals surface area contributed by atoms with E-state index >= 15 is 0 Å². The van der Waals surface area contributed by atoms with Crippen LogP contribution in [0.4, 0.5) is 0 Å². The quantitative estimate of drug-likeness (QED) is 0.502. The smallest absolute Gasteiger partial charge is 0.191 e. The minimum atomic E-state index is 0.390. The summed E-state index contributed by atoms with van der Waals surface area (Å²) in [6, 6.07) is 6.41. The number of aryl methyl sites for hydroxylation is 1. The van der Waals surface area contributed by atoms with E-state index < -0.39 is 0 Å². The lowest BCUT2D eigenvalue weighted by molar-refractivity contribution is 0.0732. The van der Waals surface area contributed by atoms with E-state index in [1.165, 1.54) is 41.3 Å². The van der Waals surface area contributed by atoms with Crippen LogP contribution in [0.5, 0.6) is 0 Å². The monoisotopic (exact) mass is 356 g/mol. The van der Waals surface area contributed by atoms with Crippen LogP contribution < -0.4 is 10.6 Å². The molecule has 0 unspecified atom stereocenters. The van der Waals surface area contributed by atoms with Crippen LogP contribution >= 0.6 is 0 Å². The standard InChI is InChI=1S/C21H32N4O/c1-16-6-4-7-18-19(16)17(14-24-18)8-12-23-20(22-2)25-15-21(9-5-10-21)11-13-26-3/h4,6-7,14,24H,5,8-13,15H2,1-3H3,(H2,22,23,25). The normalized spacial score (nSPS) is 16.5. The summed E-state index contributed by atoms with van der Waals surface area (Å²) >= 11 is 0. The molecular weight excluding hydrogens is 324 g/mol. The molecule has 1 aliphatic rings. The van der Waals surface area contributed by atoms with Crippen molar-refractivity contribution in [3.63, 3.8) is 0 Å². The van der Waals surface area contributed by atoms with Crippen molar-refractivity contribution in [2.45, 2.75) is 39.0 Å². The van der Waals surface area contributed by atoms with E-state index in [0.29, 0.717) is 5.41 Å². The van der Waals surface area contributed by atoms with Gasteiger partial charge in [-0.1, -0.05) is 18.6 Å². The maximum Gasteiger partial charge on any atom is 0.191 e. The number of aromatic nitrogens is 1. The molecule has 1 aliphatic carbocycles. The first-order chi connectivity index (χ1) is 12.7. The van der Waals surface area contributed by atoms with Crippen LogP contribution in [0.3, 0.4) is 0 Å². The second-order valence-electron chi connectivity index (χ2n) is 7.51. The SMILES string of the molecule is CN=C(NCCc1c[nH]c2cccc(C)c12)NCC1(CCOC)CCC1. The lowest BCUT2D eigenvalue weighted by Gasteiger charge is -2.42. The van der Waals surface area contributed by atoms with Gasteiger partial charge in [-0.2, -0.15) is 0 Å². The highest BCUT2D eigenvalue weighted by Gasteiger charge is 2.36. The van der Waals surface area contributed by atoms with Crippen LogP contribution in [0, 0.1) is 12.3 Å². The van der Waals surface area contributed by atoms with Crippen LogP contribution in [-0.4, -0.2) is 44.8 Å². The van der Waals surface area contributed by atoms with Crippen molar-refractivity contribution >= 4 is 16.9 Å². The molecule has 142 valence electrons. The van der Waals surface area contributed by atoms with Gasteiger partial charge in [0.25, 0.3) is 0 Å². The van der Waals surface area contributed by atoms with Crippen LogP contribution in [0.1, 0.15) is 36.8 Å². The molecule has 0 saturated heterocycles. The van der Waals surface area contributed by atoms with Gasteiger partial charge >= 0.3 is 0 Å². The van der Waals surface area contributed by atoms with Crippen molar-refractivity contribution in [3.05, 3.63) is 35.5 Å². The first-order valence-corrected chi connectivity index (χ1v) is 9.66. The zero-order valence-electron chi connectivity index (χ0n) is 16.3. The van der Waals surface area contributed by atoms with Crippen LogP contribution in [-0.2, 0) is 11.2 Å². The molecule has 5 heteroatoms. The van der Waals surface area contributed by atoms with Crippen LogP contribution in [0.15, 0.2) is 29.4 Å². The van der Waals surface area contributed by atoms with Crippen molar-refractivity contribution in [1.82, 2.24) is 15.6 Å². The Morgan fingerprint density at radius 1 is 1.31 bits per heavy atom. The minimum Gasteiger partial charge on any atom is -0.385 e. The summed E-state index contributed by atoms with van der Waals surface area (Å²) in [5.74, 6) is 0.894. The Kier molecular flexibility index (Phi) is 6.20. The van der Waals surface area contributed by atoms with Gasteiger partial charge in [-0.3, -0.25) is 4.99 Å². The number of methoxy groups -OCH3 is 1. The molecule has 3 rings (SSSR count). The molecule has 0 amide bonds. The Balaban J connectivity index is 1.50. The topological polar surface area (TPSA) is 61.4 Å². The molecular formula is C21H32N4O. The average molecular weight is 357 g/mol. The van der Waals surface area contributed by atoms with Gasteiger partial charge in [-0.25, -0.2) is 0 Å². The lowest BCUT2D eigenvalue weighted by atomic mass is 9.67. The van der Waals surface area contributed by atoms with E-state index in [1.807, 2.05) is 7.05 Å². The maximum absolute atomic E-state index is 5.28. The lowest BCUT2D eigenvalue weighted by Crippen LogP contribution is -2.47. The van der Waals surface area contributed by atoms with E-state index in [0.717, 1.165) is 38.5 Å². The number of ether oxygens (including phenoxy) is 1. The Hall–Kier alpha value is -2.01. The number of nitrogens with zero attached hydrogens (tertiary/aromatic N) is 1. The van der Waals surface area contributed by atoms with Gasteiger partial charge in [0.1, 0.15) is 0 Å². The predicted molar refractivity (Wildman–Crippen MR) is 109 cm³/mol. The Morgan fingerprint density at radius 2 is 2.15 bits per heavy atom. The molecule has 1 fully saturated rings. The van der Waals surface area contributed by atoms with Gasteiger partial charge in [-0.05, 0) is 55.2 Å². The number of nitrogens with one attached hydrogen (secondary N) is 3. The highest BCUT2D eigenvalue weighted by atomic mass is 16.5. The Bertz CT molecular complexity index is 746. The number of H-pyrrole nitrogens is 1. The first-order valence-electron chi connectivity index (χ1n) is 9.66. The molecule has 1 heterocycles. The number of rotatable bonds is 8. The van der Waals surface area contributed by atoms with Gasteiger partial charge < -0.3 is 20.4 Å². The minimum absolute atomic E-state index is 0.390. The predicted octanol–water partition coefficient (Wildman–Crippen LogP) is 3.39. The number of fused-ring (bicyclic) bond motifs is 1. The highest BCUT2D eigenvalue weighted by Crippen LogP contribution is 2.43. The van der Waals surface area contributed by atoms with Crippen molar-refractivity contribution in [2.75, 3.05) is 33.9 Å². The molecule has 3 N–H and O–H groups in total. The molecule has 1 aromatic carbocycles. The second-order valence-corrected chi connectivity index (χ2v) is 7.51. The Labute approximate surface area is 156 Å². The molecule has 5 nitrogen and oxygen atoms in total. The fourth-order valence-electron chi connectivity index (χ4n) is 3.97. The summed E-state index contributed by atoms with van der Waals surface area (Å²) in [5, 5.41) is 8.34. The number of guanidine groups is 1. The van der Waals surface area contributed by atoms with E-state index in [1.54, 1.807) is 7.11 Å². The number of hydrogen-bond acceptors (Lipinski definition) is 2. The number of aromatic amines is 1. The highest BCUT2D eigenvalue weighted by molar-refractivity contribution is 5.86. The Morgan fingerprint density at radius 3 is 2.85 bits per heavy atom. The molecule has 0 radical (unpaired) electrons. The van der Waals surface area contributed by atoms with Gasteiger partial charge in [-0.15, -0.1) is 0 Å². The third-order valence-electron chi connectivity index (χ3n) is 5.79. The summed E-state index contributed by atoms with van der Waals surface area (Å²) in [5.41, 5.74) is 4.29. The van der Waals surface area contributed by atoms with Crippen molar-refractivity contribution < 1.29 is 4.74 Å². The van der Waals surface area contributed by atoms with Gasteiger partial charge in [0.2, 0.25) is 0 Å². The van der Waals surface area contributed by atoms with E-state index in [-0.39, 0.29) is 0 Å². The molecule has 0 atom stereocenters. The molecule has 1 saturated carbocycles. The molecule has 0 aliphatic heterocycles. The summed E-state index contributed by atoms with van der Waals surface area (Å²) in [6.07, 6.45) is 8.13. The molecule has 26 heavy (non-hydrogen) atoms. The number of benzene rings is 1. The van der Waals surface area contributed by atoms with Crippen molar-refractivity contribution in [3.8, 4) is 0 Å². The van der Waals surface area contributed by atoms with E-state index in [9.17, 15) is 0 Å². The molecule has 2 aromatic rings. The largest absolute Gasteiger partial charge is 0.385 e. The van der Waals surface area contributed by atoms with Gasteiger partial charge in [0.15, 0.2) is 5.96 Å². The van der Waals surface area contributed by atoms with Gasteiger partial charge in [0.05, 0.1) is 0 Å². The fourth-order valence-corrected chi connectivity index (χ4v) is 3.97.